The number of rotatable bonds is 6. The van der Waals surface area contributed by atoms with Crippen molar-refractivity contribution in [1.82, 2.24) is 5.43 Å². The monoisotopic (exact) mass is 254 g/mol. The third-order valence-corrected chi connectivity index (χ3v) is 3.59. The summed E-state index contributed by atoms with van der Waals surface area (Å²) in [7, 11) is 0. The first-order valence-corrected chi connectivity index (χ1v) is 6.65. The van der Waals surface area contributed by atoms with Crippen LogP contribution >= 0.6 is 11.6 Å². The lowest BCUT2D eigenvalue weighted by Gasteiger charge is -2.19. The number of nitrogens with two attached hydrogens (primary N) is 1. The molecule has 2 nitrogen and oxygen atoms in total. The molecule has 3 N–H and O–H groups in total. The predicted octanol–water partition coefficient (Wildman–Crippen LogP) is 3.98. The smallest absolute Gasteiger partial charge is 0.0483 e. The van der Waals surface area contributed by atoms with Crippen LogP contribution in [-0.2, 0) is 0 Å². The van der Waals surface area contributed by atoms with Gasteiger partial charge < -0.3 is 0 Å². The maximum absolute atomic E-state index is 6.31. The summed E-state index contributed by atoms with van der Waals surface area (Å²) < 4.78 is 0. The minimum atomic E-state index is 0.154. The Kier molecular flexibility index (Phi) is 5.96. The van der Waals surface area contributed by atoms with Gasteiger partial charge in [0.2, 0.25) is 0 Å². The number of nitrogens with one attached hydrogen (secondary N) is 1. The Hall–Kier alpha value is -0.570. The van der Waals surface area contributed by atoms with Gasteiger partial charge in [-0.15, -0.1) is 0 Å². The lowest BCUT2D eigenvalue weighted by molar-refractivity contribution is 0.455. The second kappa shape index (κ2) is 7.00. The summed E-state index contributed by atoms with van der Waals surface area (Å²) in [6, 6.07) is 6.26. The van der Waals surface area contributed by atoms with Crippen LogP contribution in [0.5, 0.6) is 0 Å². The number of aryl methyl sites for hydroxylation is 1. The summed E-state index contributed by atoms with van der Waals surface area (Å²) in [5.41, 5.74) is 5.09. The quantitative estimate of drug-likeness (QED) is 0.595. The van der Waals surface area contributed by atoms with Crippen LogP contribution in [0.15, 0.2) is 18.2 Å². The fourth-order valence-corrected chi connectivity index (χ4v) is 2.26. The molecule has 1 unspecified atom stereocenters. The fraction of sp³-hybridized carbons (Fsp3) is 0.571. The van der Waals surface area contributed by atoms with Gasteiger partial charge in [-0.1, -0.05) is 56.5 Å². The first-order valence-electron chi connectivity index (χ1n) is 6.27. The molecule has 0 spiro atoms. The number of hydrogen-bond acceptors (Lipinski definition) is 2. The van der Waals surface area contributed by atoms with E-state index in [2.05, 4.69) is 25.3 Å². The zero-order valence-corrected chi connectivity index (χ0v) is 11.7. The molecule has 0 saturated heterocycles. The largest absolute Gasteiger partial charge is 0.271 e. The van der Waals surface area contributed by atoms with Crippen molar-refractivity contribution in [2.24, 2.45) is 11.8 Å². The Morgan fingerprint density at radius 1 is 1.29 bits per heavy atom. The predicted molar refractivity (Wildman–Crippen MR) is 74.9 cm³/mol. The molecule has 0 radical (unpaired) electrons. The van der Waals surface area contributed by atoms with Crippen LogP contribution < -0.4 is 11.3 Å². The van der Waals surface area contributed by atoms with Crippen molar-refractivity contribution in [3.8, 4) is 0 Å². The molecule has 0 bridgehead atoms. The standard InChI is InChI=1S/C14H23ClN2/c1-10(2)6-4-9-13(17-16)12-8-5-7-11(3)14(12)15/h5,7-8,10,13,17H,4,6,9,16H2,1-3H3. The number of hydrazine groups is 1. The van der Waals surface area contributed by atoms with Crippen molar-refractivity contribution in [3.63, 3.8) is 0 Å². The van der Waals surface area contributed by atoms with Crippen molar-refractivity contribution < 1.29 is 0 Å². The second-order valence-electron chi connectivity index (χ2n) is 5.02. The number of benzene rings is 1. The number of hydrogen-bond donors (Lipinski definition) is 2. The molecule has 0 aliphatic carbocycles. The molecule has 96 valence electrons. The zero-order valence-electron chi connectivity index (χ0n) is 11.0. The van der Waals surface area contributed by atoms with Crippen LogP contribution in [0.25, 0.3) is 0 Å². The average molecular weight is 255 g/mol. The van der Waals surface area contributed by atoms with E-state index in [-0.39, 0.29) is 6.04 Å². The van der Waals surface area contributed by atoms with Crippen LogP contribution in [0, 0.1) is 12.8 Å². The Bertz CT molecular complexity index is 350. The van der Waals surface area contributed by atoms with E-state index in [0.29, 0.717) is 0 Å². The first kappa shape index (κ1) is 14.5. The normalized spacial score (nSPS) is 13.1. The molecule has 1 aromatic rings. The molecule has 0 saturated carbocycles. The Morgan fingerprint density at radius 2 is 2.00 bits per heavy atom. The van der Waals surface area contributed by atoms with E-state index in [1.807, 2.05) is 19.1 Å². The summed E-state index contributed by atoms with van der Waals surface area (Å²) in [5, 5.41) is 0.833. The Morgan fingerprint density at radius 3 is 2.59 bits per heavy atom. The molecule has 0 aliphatic rings. The third-order valence-electron chi connectivity index (χ3n) is 3.07. The van der Waals surface area contributed by atoms with E-state index in [1.54, 1.807) is 0 Å². The highest BCUT2D eigenvalue weighted by atomic mass is 35.5. The second-order valence-corrected chi connectivity index (χ2v) is 5.40. The van der Waals surface area contributed by atoms with Crippen molar-refractivity contribution in [1.29, 1.82) is 0 Å². The van der Waals surface area contributed by atoms with E-state index >= 15 is 0 Å². The Balaban J connectivity index is 2.69. The maximum atomic E-state index is 6.31. The maximum Gasteiger partial charge on any atom is 0.0483 e. The summed E-state index contributed by atoms with van der Waals surface area (Å²) in [5.74, 6) is 6.37. The highest BCUT2D eigenvalue weighted by Gasteiger charge is 2.14. The van der Waals surface area contributed by atoms with Crippen LogP contribution in [0.4, 0.5) is 0 Å². The SMILES string of the molecule is Cc1cccc(C(CCCC(C)C)NN)c1Cl. The van der Waals surface area contributed by atoms with Gasteiger partial charge in [-0.05, 0) is 30.4 Å². The van der Waals surface area contributed by atoms with Gasteiger partial charge in [0.1, 0.15) is 0 Å². The Labute approximate surface area is 110 Å². The highest BCUT2D eigenvalue weighted by Crippen LogP contribution is 2.29. The number of halogens is 1. The van der Waals surface area contributed by atoms with Gasteiger partial charge in [-0.2, -0.15) is 0 Å². The fourth-order valence-electron chi connectivity index (χ4n) is 2.00. The molecule has 1 rings (SSSR count). The van der Waals surface area contributed by atoms with Gasteiger partial charge in [0, 0.05) is 11.1 Å². The van der Waals surface area contributed by atoms with Gasteiger partial charge >= 0.3 is 0 Å². The van der Waals surface area contributed by atoms with E-state index < -0.39 is 0 Å². The van der Waals surface area contributed by atoms with Crippen LogP contribution in [0.3, 0.4) is 0 Å². The van der Waals surface area contributed by atoms with Crippen LogP contribution in [0.1, 0.15) is 50.3 Å². The molecule has 0 fully saturated rings. The highest BCUT2D eigenvalue weighted by molar-refractivity contribution is 6.32. The molecule has 1 aromatic carbocycles. The zero-order chi connectivity index (χ0) is 12.8. The summed E-state index contributed by atoms with van der Waals surface area (Å²) in [4.78, 5) is 0. The van der Waals surface area contributed by atoms with Crippen LogP contribution in [-0.4, -0.2) is 0 Å². The summed E-state index contributed by atoms with van der Waals surface area (Å²) in [6.45, 7) is 6.50. The van der Waals surface area contributed by atoms with Crippen molar-refractivity contribution in [3.05, 3.63) is 34.3 Å². The van der Waals surface area contributed by atoms with Crippen molar-refractivity contribution in [2.45, 2.75) is 46.1 Å². The van der Waals surface area contributed by atoms with Crippen molar-refractivity contribution >= 4 is 11.6 Å². The van der Waals surface area contributed by atoms with E-state index in [9.17, 15) is 0 Å². The van der Waals surface area contributed by atoms with Crippen molar-refractivity contribution in [2.75, 3.05) is 0 Å². The van der Waals surface area contributed by atoms with Gasteiger partial charge in [0.25, 0.3) is 0 Å². The van der Waals surface area contributed by atoms with E-state index in [1.165, 1.54) is 6.42 Å². The van der Waals surface area contributed by atoms with Gasteiger partial charge in [0.15, 0.2) is 0 Å². The van der Waals surface area contributed by atoms with Gasteiger partial charge in [-0.3, -0.25) is 11.3 Å². The minimum absolute atomic E-state index is 0.154. The molecule has 0 aliphatic heterocycles. The summed E-state index contributed by atoms with van der Waals surface area (Å²) in [6.07, 6.45) is 3.41. The molecule has 1 atom stereocenters. The molecule has 0 amide bonds. The third kappa shape index (κ3) is 4.30. The average Bonchev–Trinajstić information content (AvgIpc) is 2.28. The van der Waals surface area contributed by atoms with Crippen LogP contribution in [0.2, 0.25) is 5.02 Å². The topological polar surface area (TPSA) is 38.0 Å². The lowest BCUT2D eigenvalue weighted by Crippen LogP contribution is -2.28. The minimum Gasteiger partial charge on any atom is -0.271 e. The molecular weight excluding hydrogens is 232 g/mol. The van der Waals surface area contributed by atoms with Gasteiger partial charge in [-0.25, -0.2) is 0 Å². The molecule has 0 aromatic heterocycles. The lowest BCUT2D eigenvalue weighted by atomic mass is 9.97. The molecular formula is C14H23ClN2. The van der Waals surface area contributed by atoms with E-state index in [0.717, 1.165) is 34.9 Å². The molecule has 0 heterocycles. The molecule has 3 heteroatoms. The first-order chi connectivity index (χ1) is 8.06. The van der Waals surface area contributed by atoms with E-state index in [4.69, 9.17) is 17.4 Å². The molecule has 17 heavy (non-hydrogen) atoms. The summed E-state index contributed by atoms with van der Waals surface area (Å²) >= 11 is 6.31. The van der Waals surface area contributed by atoms with Gasteiger partial charge in [0.05, 0.1) is 0 Å².